The van der Waals surface area contributed by atoms with Crippen LogP contribution in [0.1, 0.15) is 6.92 Å². The Bertz CT molecular complexity index is 414. The number of rotatable bonds is 6. The quantitative estimate of drug-likeness (QED) is 0.741. The van der Waals surface area contributed by atoms with Gasteiger partial charge in [0.1, 0.15) is 12.4 Å². The van der Waals surface area contributed by atoms with E-state index in [0.717, 1.165) is 18.8 Å². The lowest BCUT2D eigenvalue weighted by atomic mass is 10.1. The van der Waals surface area contributed by atoms with Crippen molar-refractivity contribution in [1.82, 2.24) is 10.2 Å². The van der Waals surface area contributed by atoms with E-state index >= 15 is 0 Å². The Kier molecular flexibility index (Phi) is 5.38. The molecular weight excluding hydrogens is 254 g/mol. The number of benzene rings is 1. The lowest BCUT2D eigenvalue weighted by Gasteiger charge is -2.15. The van der Waals surface area contributed by atoms with E-state index < -0.39 is 0 Å². The lowest BCUT2D eigenvalue weighted by molar-refractivity contribution is -0.122. The van der Waals surface area contributed by atoms with Gasteiger partial charge in [0.2, 0.25) is 5.91 Å². The summed E-state index contributed by atoms with van der Waals surface area (Å²) in [4.78, 5) is 13.9. The number of carbonyl (C=O) groups excluding carboxylic acids is 1. The van der Waals surface area contributed by atoms with Crippen LogP contribution in [0, 0.1) is 5.92 Å². The summed E-state index contributed by atoms with van der Waals surface area (Å²) in [7, 11) is 0. The molecule has 1 aromatic rings. The number of para-hydroxylation sites is 1. The molecule has 1 saturated heterocycles. The van der Waals surface area contributed by atoms with Gasteiger partial charge >= 0.3 is 0 Å². The van der Waals surface area contributed by atoms with Crippen LogP contribution in [0.25, 0.3) is 0 Å². The normalized spacial score (nSPS) is 22.7. The standard InChI is InChI=1S/C15H23N3O2/c1-12-9-18(10-14(12)16)11-15(19)17-7-8-20-13-5-3-2-4-6-13/h2-6,12,14H,7-11,16H2,1H3,(H,17,19). The van der Waals surface area contributed by atoms with E-state index in [4.69, 9.17) is 10.5 Å². The topological polar surface area (TPSA) is 67.6 Å². The van der Waals surface area contributed by atoms with Gasteiger partial charge in [0.25, 0.3) is 0 Å². The van der Waals surface area contributed by atoms with Crippen LogP contribution in [-0.2, 0) is 4.79 Å². The molecule has 0 aliphatic carbocycles. The molecule has 0 radical (unpaired) electrons. The third kappa shape index (κ3) is 4.51. The predicted molar refractivity (Wildman–Crippen MR) is 78.5 cm³/mol. The summed E-state index contributed by atoms with van der Waals surface area (Å²) >= 11 is 0. The van der Waals surface area contributed by atoms with E-state index in [1.807, 2.05) is 30.3 Å². The Morgan fingerprint density at radius 1 is 1.40 bits per heavy atom. The minimum absolute atomic E-state index is 0.0305. The molecule has 0 aromatic heterocycles. The second-order valence-corrected chi connectivity index (χ2v) is 5.35. The third-order valence-electron chi connectivity index (χ3n) is 3.55. The van der Waals surface area contributed by atoms with Gasteiger partial charge in [-0.25, -0.2) is 0 Å². The van der Waals surface area contributed by atoms with Crippen molar-refractivity contribution in [1.29, 1.82) is 0 Å². The molecule has 110 valence electrons. The molecule has 20 heavy (non-hydrogen) atoms. The Labute approximate surface area is 120 Å². The van der Waals surface area contributed by atoms with Crippen molar-refractivity contribution in [3.8, 4) is 5.75 Å². The van der Waals surface area contributed by atoms with Crippen LogP contribution in [0.3, 0.4) is 0 Å². The number of nitrogens with zero attached hydrogens (tertiary/aromatic N) is 1. The van der Waals surface area contributed by atoms with Gasteiger partial charge in [0, 0.05) is 19.1 Å². The number of carbonyl (C=O) groups is 1. The summed E-state index contributed by atoms with van der Waals surface area (Å²) in [6.07, 6.45) is 0. The number of ether oxygens (including phenoxy) is 1. The van der Waals surface area contributed by atoms with Gasteiger partial charge < -0.3 is 15.8 Å². The van der Waals surface area contributed by atoms with Crippen LogP contribution in [0.2, 0.25) is 0 Å². The van der Waals surface area contributed by atoms with Crippen molar-refractivity contribution in [2.45, 2.75) is 13.0 Å². The minimum Gasteiger partial charge on any atom is -0.492 e. The zero-order chi connectivity index (χ0) is 14.4. The fourth-order valence-corrected chi connectivity index (χ4v) is 2.36. The van der Waals surface area contributed by atoms with Crippen molar-refractivity contribution in [3.63, 3.8) is 0 Å². The molecule has 0 bridgehead atoms. The maximum Gasteiger partial charge on any atom is 0.234 e. The van der Waals surface area contributed by atoms with Crippen LogP contribution in [0.4, 0.5) is 0 Å². The van der Waals surface area contributed by atoms with E-state index in [1.54, 1.807) is 0 Å². The molecule has 2 rings (SSSR count). The molecule has 1 aliphatic rings. The van der Waals surface area contributed by atoms with Gasteiger partial charge in [0.15, 0.2) is 0 Å². The van der Waals surface area contributed by atoms with E-state index in [0.29, 0.717) is 25.6 Å². The molecule has 2 atom stereocenters. The number of hydrogen-bond acceptors (Lipinski definition) is 4. The van der Waals surface area contributed by atoms with Gasteiger partial charge in [-0.2, -0.15) is 0 Å². The first-order valence-electron chi connectivity index (χ1n) is 7.07. The van der Waals surface area contributed by atoms with Gasteiger partial charge in [-0.3, -0.25) is 9.69 Å². The van der Waals surface area contributed by atoms with Crippen LogP contribution in [0.5, 0.6) is 5.75 Å². The summed E-state index contributed by atoms with van der Waals surface area (Å²) in [5.74, 6) is 1.31. The molecule has 0 saturated carbocycles. The maximum absolute atomic E-state index is 11.8. The molecule has 1 heterocycles. The number of hydrogen-bond donors (Lipinski definition) is 2. The highest BCUT2D eigenvalue weighted by molar-refractivity contribution is 5.78. The van der Waals surface area contributed by atoms with E-state index in [9.17, 15) is 4.79 Å². The van der Waals surface area contributed by atoms with Crippen LogP contribution >= 0.6 is 0 Å². The van der Waals surface area contributed by atoms with Crippen LogP contribution in [0.15, 0.2) is 30.3 Å². The SMILES string of the molecule is CC1CN(CC(=O)NCCOc2ccccc2)CC1N. The van der Waals surface area contributed by atoms with E-state index in [2.05, 4.69) is 17.1 Å². The highest BCUT2D eigenvalue weighted by atomic mass is 16.5. The first kappa shape index (κ1) is 14.8. The van der Waals surface area contributed by atoms with Crippen molar-refractivity contribution in [2.75, 3.05) is 32.8 Å². The third-order valence-corrected chi connectivity index (χ3v) is 3.55. The molecule has 1 fully saturated rings. The average Bonchev–Trinajstić information content (AvgIpc) is 2.74. The molecule has 5 nitrogen and oxygen atoms in total. The monoisotopic (exact) mass is 277 g/mol. The summed E-state index contributed by atoms with van der Waals surface area (Å²) in [6, 6.07) is 9.77. The Balaban J connectivity index is 1.59. The van der Waals surface area contributed by atoms with Crippen molar-refractivity contribution in [3.05, 3.63) is 30.3 Å². The van der Waals surface area contributed by atoms with Crippen LogP contribution in [-0.4, -0.2) is 49.6 Å². The van der Waals surface area contributed by atoms with Gasteiger partial charge in [0.05, 0.1) is 13.1 Å². The van der Waals surface area contributed by atoms with Gasteiger partial charge in [-0.15, -0.1) is 0 Å². The van der Waals surface area contributed by atoms with Crippen molar-refractivity contribution in [2.24, 2.45) is 11.7 Å². The first-order chi connectivity index (χ1) is 9.65. The molecule has 1 amide bonds. The van der Waals surface area contributed by atoms with Gasteiger partial charge in [-0.1, -0.05) is 25.1 Å². The van der Waals surface area contributed by atoms with E-state index in [-0.39, 0.29) is 11.9 Å². The van der Waals surface area contributed by atoms with Gasteiger partial charge in [-0.05, 0) is 18.1 Å². The number of nitrogens with one attached hydrogen (secondary N) is 1. The molecule has 5 heteroatoms. The van der Waals surface area contributed by atoms with Crippen molar-refractivity contribution < 1.29 is 9.53 Å². The highest BCUT2D eigenvalue weighted by Gasteiger charge is 2.27. The molecule has 1 aliphatic heterocycles. The Morgan fingerprint density at radius 2 is 2.15 bits per heavy atom. The molecular formula is C15H23N3O2. The fraction of sp³-hybridized carbons (Fsp3) is 0.533. The largest absolute Gasteiger partial charge is 0.492 e. The number of likely N-dealkylation sites (tertiary alicyclic amines) is 1. The molecule has 2 unspecified atom stereocenters. The molecule has 3 N–H and O–H groups in total. The van der Waals surface area contributed by atoms with Crippen LogP contribution < -0.4 is 15.8 Å². The molecule has 1 aromatic carbocycles. The lowest BCUT2D eigenvalue weighted by Crippen LogP contribution is -2.38. The van der Waals surface area contributed by atoms with E-state index in [1.165, 1.54) is 0 Å². The highest BCUT2D eigenvalue weighted by Crippen LogP contribution is 2.13. The summed E-state index contributed by atoms with van der Waals surface area (Å²) in [6.45, 7) is 5.23. The average molecular weight is 277 g/mol. The zero-order valence-electron chi connectivity index (χ0n) is 11.9. The smallest absolute Gasteiger partial charge is 0.234 e. The molecule has 0 spiro atoms. The second kappa shape index (κ2) is 7.26. The van der Waals surface area contributed by atoms with Crippen molar-refractivity contribution >= 4 is 5.91 Å². The summed E-state index contributed by atoms with van der Waals surface area (Å²) in [5, 5.41) is 2.86. The second-order valence-electron chi connectivity index (χ2n) is 5.35. The minimum atomic E-state index is 0.0305. The maximum atomic E-state index is 11.8. The summed E-state index contributed by atoms with van der Waals surface area (Å²) < 4.78 is 5.51. The summed E-state index contributed by atoms with van der Waals surface area (Å²) in [5.41, 5.74) is 5.94. The number of amides is 1. The zero-order valence-corrected chi connectivity index (χ0v) is 11.9. The Morgan fingerprint density at radius 3 is 2.80 bits per heavy atom. The predicted octanol–water partition coefficient (Wildman–Crippen LogP) is 0.461. The fourth-order valence-electron chi connectivity index (χ4n) is 2.36. The first-order valence-corrected chi connectivity index (χ1v) is 7.07. The Hall–Kier alpha value is -1.59. The number of nitrogens with two attached hydrogens (primary N) is 1.